The quantitative estimate of drug-likeness (QED) is 0.166. The van der Waals surface area contributed by atoms with Crippen LogP contribution < -0.4 is 0 Å². The topological polar surface area (TPSA) is 48.5 Å². The van der Waals surface area contributed by atoms with E-state index in [2.05, 4.69) is 187 Å². The fraction of sp³-hybridized carbons (Fsp3) is 0.0500. The molecule has 0 saturated heterocycles. The van der Waals surface area contributed by atoms with Gasteiger partial charge >= 0.3 is 0 Å². The van der Waals surface area contributed by atoms with Crippen molar-refractivity contribution in [2.24, 2.45) is 0 Å². The molecule has 13 aromatic rings. The molecule has 0 atom stereocenters. The molecule has 0 saturated carbocycles. The molecule has 0 fully saturated rings. The summed E-state index contributed by atoms with van der Waals surface area (Å²) in [5, 5.41) is 12.0. The number of aromatic nitrogens is 5. The lowest BCUT2D eigenvalue weighted by molar-refractivity contribution is 0.660. The maximum atomic E-state index is 5.36. The molecule has 1 aliphatic carbocycles. The molecule has 0 unspecified atom stereocenters. The maximum absolute atomic E-state index is 5.36. The van der Waals surface area contributed by atoms with Crippen molar-refractivity contribution in [1.29, 1.82) is 0 Å². The lowest BCUT2D eigenvalue weighted by Crippen LogP contribution is -2.15. The molecule has 0 amide bonds. The highest BCUT2D eigenvalue weighted by atomic mass is 15.2. The van der Waals surface area contributed by atoms with Crippen molar-refractivity contribution in [1.82, 2.24) is 24.1 Å². The Bertz CT molecular complexity index is 4080. The van der Waals surface area contributed by atoms with Crippen molar-refractivity contribution >= 4 is 75.9 Å². The summed E-state index contributed by atoms with van der Waals surface area (Å²) < 4.78 is 4.84. The van der Waals surface area contributed by atoms with E-state index >= 15 is 0 Å². The van der Waals surface area contributed by atoms with Crippen molar-refractivity contribution in [3.63, 3.8) is 0 Å². The van der Waals surface area contributed by atoms with Crippen molar-refractivity contribution < 1.29 is 0 Å². The van der Waals surface area contributed by atoms with E-state index in [0.29, 0.717) is 17.6 Å². The monoisotopic (exact) mass is 829 g/mol. The summed E-state index contributed by atoms with van der Waals surface area (Å²) in [6.45, 7) is 4.73. The molecule has 10 aromatic carbocycles. The minimum absolute atomic E-state index is 0.141. The molecule has 1 aliphatic rings. The molecular formula is C60H39N5. The summed E-state index contributed by atoms with van der Waals surface area (Å²) in [7, 11) is 0. The van der Waals surface area contributed by atoms with E-state index in [9.17, 15) is 0 Å². The summed E-state index contributed by atoms with van der Waals surface area (Å²) in [6.07, 6.45) is 0. The zero-order chi connectivity index (χ0) is 43.0. The summed E-state index contributed by atoms with van der Waals surface area (Å²) in [6, 6.07) is 72.3. The Balaban J connectivity index is 1.18. The van der Waals surface area contributed by atoms with Crippen molar-refractivity contribution in [3.8, 4) is 45.5 Å². The number of nitrogens with zero attached hydrogens (tertiary/aromatic N) is 5. The standard InChI is InChI=1S/C60H39N5/c1-60(2)47-30-16-13-23-39(47)40-34-33-38(35-48(40)60)64-49-31-17-14-28-45(49)52-54-51(41-24-9-11-26-43(41)55(52)64)42-25-10-12-27-44(42)56-53(54)46-29-15-18-32-50(46)65(56)59-62-57(36-19-5-3-6-20-36)61-58(63-59)37-21-7-4-8-22-37/h3-35H,1-2H3. The van der Waals surface area contributed by atoms with Gasteiger partial charge in [-0.05, 0) is 62.7 Å². The summed E-state index contributed by atoms with van der Waals surface area (Å²) in [5.41, 5.74) is 12.7. The normalized spacial score (nSPS) is 13.2. The van der Waals surface area contributed by atoms with Gasteiger partial charge < -0.3 is 4.57 Å². The molecule has 0 spiro atoms. The largest absolute Gasteiger partial charge is 0.309 e. The van der Waals surface area contributed by atoms with Crippen LogP contribution in [0.4, 0.5) is 0 Å². The van der Waals surface area contributed by atoms with Gasteiger partial charge in [-0.1, -0.05) is 190 Å². The molecule has 5 nitrogen and oxygen atoms in total. The molecule has 0 bridgehead atoms. The predicted molar refractivity (Wildman–Crippen MR) is 269 cm³/mol. The van der Waals surface area contributed by atoms with Crippen LogP contribution in [0.25, 0.3) is 121 Å². The number of para-hydroxylation sites is 2. The van der Waals surface area contributed by atoms with E-state index in [1.807, 2.05) is 36.4 Å². The molecule has 14 rings (SSSR count). The van der Waals surface area contributed by atoms with Crippen LogP contribution in [-0.4, -0.2) is 24.1 Å². The molecule has 0 N–H and O–H groups in total. The van der Waals surface area contributed by atoms with E-state index in [0.717, 1.165) is 38.6 Å². The number of hydrogen-bond donors (Lipinski definition) is 0. The van der Waals surface area contributed by atoms with Crippen LogP contribution in [0.1, 0.15) is 25.0 Å². The summed E-state index contributed by atoms with van der Waals surface area (Å²) >= 11 is 0. The van der Waals surface area contributed by atoms with Gasteiger partial charge in [-0.25, -0.2) is 4.98 Å². The fourth-order valence-corrected chi connectivity index (χ4v) is 11.3. The fourth-order valence-electron chi connectivity index (χ4n) is 11.3. The van der Waals surface area contributed by atoms with Crippen molar-refractivity contribution in [2.45, 2.75) is 19.3 Å². The van der Waals surface area contributed by atoms with Crippen LogP contribution in [0.3, 0.4) is 0 Å². The molecule has 65 heavy (non-hydrogen) atoms. The van der Waals surface area contributed by atoms with Crippen molar-refractivity contribution in [3.05, 3.63) is 211 Å². The molecule has 3 aromatic heterocycles. The SMILES string of the molecule is CC1(C)c2ccccc2-c2ccc(-n3c4ccccc4c4c5c(c6ccccc6c43)c3ccccc3c3c5c4ccccc4n3-c3nc(-c4ccccc4)nc(-c4ccccc4)n3)cc21. The number of fused-ring (bicyclic) bond motifs is 18. The predicted octanol–water partition coefficient (Wildman–Crippen LogP) is 15.2. The second-order valence-corrected chi connectivity index (χ2v) is 17.9. The Morgan fingerprint density at radius 2 is 0.815 bits per heavy atom. The molecular weight excluding hydrogens is 791 g/mol. The average molecular weight is 830 g/mol. The van der Waals surface area contributed by atoms with Gasteiger partial charge in [-0.3, -0.25) is 4.57 Å². The van der Waals surface area contributed by atoms with Crippen LogP contribution in [0.15, 0.2) is 200 Å². The van der Waals surface area contributed by atoms with Gasteiger partial charge in [0.25, 0.3) is 0 Å². The molecule has 0 aliphatic heterocycles. The van der Waals surface area contributed by atoms with Crippen LogP contribution in [0.2, 0.25) is 0 Å². The van der Waals surface area contributed by atoms with Gasteiger partial charge in [0, 0.05) is 59.9 Å². The van der Waals surface area contributed by atoms with E-state index in [-0.39, 0.29) is 5.41 Å². The number of benzene rings is 10. The number of rotatable bonds is 4. The lowest BCUT2D eigenvalue weighted by Gasteiger charge is -2.22. The summed E-state index contributed by atoms with van der Waals surface area (Å²) in [5.74, 6) is 1.83. The Hall–Kier alpha value is -8.41. The van der Waals surface area contributed by atoms with Gasteiger partial charge in [-0.2, -0.15) is 9.97 Å². The lowest BCUT2D eigenvalue weighted by atomic mass is 9.82. The third kappa shape index (κ3) is 4.95. The van der Waals surface area contributed by atoms with Crippen molar-refractivity contribution in [2.75, 3.05) is 0 Å². The van der Waals surface area contributed by atoms with Gasteiger partial charge in [0.15, 0.2) is 11.6 Å². The third-order valence-electron chi connectivity index (χ3n) is 14.1. The second-order valence-electron chi connectivity index (χ2n) is 17.9. The van der Waals surface area contributed by atoms with E-state index < -0.39 is 0 Å². The Morgan fingerprint density at radius 3 is 1.42 bits per heavy atom. The third-order valence-corrected chi connectivity index (χ3v) is 14.1. The van der Waals surface area contributed by atoms with Crippen LogP contribution in [-0.2, 0) is 5.41 Å². The molecule has 3 heterocycles. The smallest absolute Gasteiger partial charge is 0.238 e. The van der Waals surface area contributed by atoms with Gasteiger partial charge in [0.2, 0.25) is 5.95 Å². The second kappa shape index (κ2) is 13.3. The summed E-state index contributed by atoms with van der Waals surface area (Å²) in [4.78, 5) is 15.8. The van der Waals surface area contributed by atoms with E-state index in [1.54, 1.807) is 0 Å². The first-order valence-corrected chi connectivity index (χ1v) is 22.4. The van der Waals surface area contributed by atoms with Crippen LogP contribution in [0, 0.1) is 0 Å². The number of hydrogen-bond acceptors (Lipinski definition) is 3. The minimum atomic E-state index is -0.141. The Morgan fingerprint density at radius 1 is 0.354 bits per heavy atom. The zero-order valence-electron chi connectivity index (χ0n) is 35.8. The van der Waals surface area contributed by atoms with E-state index in [4.69, 9.17) is 15.0 Å². The highest BCUT2D eigenvalue weighted by Crippen LogP contribution is 2.52. The Kier molecular flexibility index (Phi) is 7.39. The Labute approximate surface area is 374 Å². The first-order valence-electron chi connectivity index (χ1n) is 22.4. The first-order chi connectivity index (χ1) is 32.0. The highest BCUT2D eigenvalue weighted by Gasteiger charge is 2.36. The highest BCUT2D eigenvalue weighted by molar-refractivity contribution is 6.45. The maximum Gasteiger partial charge on any atom is 0.238 e. The molecule has 5 heteroatoms. The van der Waals surface area contributed by atoms with Gasteiger partial charge in [0.1, 0.15) is 0 Å². The van der Waals surface area contributed by atoms with Crippen LogP contribution >= 0.6 is 0 Å². The average Bonchev–Trinajstić information content (AvgIpc) is 3.98. The minimum Gasteiger partial charge on any atom is -0.309 e. The molecule has 304 valence electrons. The van der Waals surface area contributed by atoms with Gasteiger partial charge in [-0.15, -0.1) is 0 Å². The first kappa shape index (κ1) is 36.1. The zero-order valence-corrected chi connectivity index (χ0v) is 35.8. The van der Waals surface area contributed by atoms with Gasteiger partial charge in [0.05, 0.1) is 22.1 Å². The van der Waals surface area contributed by atoms with E-state index in [1.165, 1.54) is 76.4 Å². The van der Waals surface area contributed by atoms with Crippen LogP contribution in [0.5, 0.6) is 0 Å². The molecule has 0 radical (unpaired) electrons.